The van der Waals surface area contributed by atoms with Gasteiger partial charge < -0.3 is 15.4 Å². The quantitative estimate of drug-likeness (QED) is 0.832. The van der Waals surface area contributed by atoms with Crippen molar-refractivity contribution < 1.29 is 14.3 Å². The number of rotatable bonds is 5. The number of carbonyl (C=O) groups is 2. The molecule has 6 nitrogen and oxygen atoms in total. The van der Waals surface area contributed by atoms with E-state index in [1.165, 1.54) is 5.56 Å². The van der Waals surface area contributed by atoms with Crippen LogP contribution in [0.25, 0.3) is 0 Å². The highest BCUT2D eigenvalue weighted by Gasteiger charge is 2.28. The van der Waals surface area contributed by atoms with Gasteiger partial charge >= 0.3 is 0 Å². The molecule has 1 aromatic carbocycles. The van der Waals surface area contributed by atoms with Crippen LogP contribution in [0.1, 0.15) is 24.8 Å². The summed E-state index contributed by atoms with van der Waals surface area (Å²) in [5, 5.41) is 5.61. The van der Waals surface area contributed by atoms with Crippen molar-refractivity contribution in [2.24, 2.45) is 0 Å². The summed E-state index contributed by atoms with van der Waals surface area (Å²) in [4.78, 5) is 25.7. The fraction of sp³-hybridized carbons (Fsp3) is 0.556. The number of ether oxygens (including phenoxy) is 1. The molecule has 24 heavy (non-hydrogen) atoms. The average Bonchev–Trinajstić information content (AvgIpc) is 2.90. The smallest absolute Gasteiger partial charge is 0.242 e. The van der Waals surface area contributed by atoms with E-state index in [4.69, 9.17) is 4.74 Å². The number of amides is 2. The lowest BCUT2D eigenvalue weighted by Gasteiger charge is -2.24. The zero-order valence-corrected chi connectivity index (χ0v) is 13.9. The Morgan fingerprint density at radius 3 is 2.92 bits per heavy atom. The van der Waals surface area contributed by atoms with Gasteiger partial charge in [-0.2, -0.15) is 0 Å². The van der Waals surface area contributed by atoms with Crippen molar-refractivity contribution >= 4 is 11.8 Å². The normalized spacial score (nSPS) is 25.1. The molecule has 2 aliphatic heterocycles. The molecule has 0 aliphatic carbocycles. The van der Waals surface area contributed by atoms with Gasteiger partial charge in [0, 0.05) is 39.2 Å². The van der Waals surface area contributed by atoms with Gasteiger partial charge in [-0.3, -0.25) is 14.5 Å². The predicted molar refractivity (Wildman–Crippen MR) is 90.3 cm³/mol. The van der Waals surface area contributed by atoms with E-state index in [0.29, 0.717) is 26.0 Å². The number of hydrogen-bond donors (Lipinski definition) is 2. The largest absolute Gasteiger partial charge is 0.375 e. The van der Waals surface area contributed by atoms with Crippen LogP contribution in [-0.2, 0) is 20.9 Å². The molecule has 2 N–H and O–H groups in total. The Kier molecular flexibility index (Phi) is 5.82. The Labute approximate surface area is 142 Å². The third-order valence-electron chi connectivity index (χ3n) is 4.50. The molecule has 3 rings (SSSR count). The third kappa shape index (κ3) is 4.79. The van der Waals surface area contributed by atoms with Gasteiger partial charge in [-0.05, 0) is 18.4 Å². The van der Waals surface area contributed by atoms with E-state index < -0.39 is 0 Å². The monoisotopic (exact) mass is 331 g/mol. The fourth-order valence-corrected chi connectivity index (χ4v) is 3.23. The van der Waals surface area contributed by atoms with Gasteiger partial charge in [0.1, 0.15) is 6.04 Å². The summed E-state index contributed by atoms with van der Waals surface area (Å²) < 4.78 is 5.86. The van der Waals surface area contributed by atoms with Crippen molar-refractivity contribution in [3.8, 4) is 0 Å². The minimum Gasteiger partial charge on any atom is -0.375 e. The summed E-state index contributed by atoms with van der Waals surface area (Å²) in [6.07, 6.45) is 1.99. The number of nitrogens with one attached hydrogen (secondary N) is 2. The molecule has 0 spiro atoms. The predicted octanol–water partition coefficient (Wildman–Crippen LogP) is 0.672. The van der Waals surface area contributed by atoms with Gasteiger partial charge in [-0.15, -0.1) is 0 Å². The molecular formula is C18H25N3O3. The Balaban J connectivity index is 1.48. The van der Waals surface area contributed by atoms with E-state index >= 15 is 0 Å². The van der Waals surface area contributed by atoms with Gasteiger partial charge in [0.05, 0.1) is 6.10 Å². The van der Waals surface area contributed by atoms with Gasteiger partial charge in [0.25, 0.3) is 0 Å². The Bertz CT molecular complexity index is 564. The molecule has 0 bridgehead atoms. The third-order valence-corrected chi connectivity index (χ3v) is 4.50. The molecule has 2 saturated heterocycles. The van der Waals surface area contributed by atoms with Crippen molar-refractivity contribution in [1.29, 1.82) is 0 Å². The highest BCUT2D eigenvalue weighted by Crippen LogP contribution is 2.11. The van der Waals surface area contributed by atoms with Crippen LogP contribution in [0.5, 0.6) is 0 Å². The minimum atomic E-state index is -0.385. The van der Waals surface area contributed by atoms with E-state index in [2.05, 4.69) is 39.8 Å². The Morgan fingerprint density at radius 2 is 2.17 bits per heavy atom. The number of hydrogen-bond acceptors (Lipinski definition) is 4. The van der Waals surface area contributed by atoms with Crippen LogP contribution < -0.4 is 10.6 Å². The molecule has 130 valence electrons. The lowest BCUT2D eigenvalue weighted by atomic mass is 10.2. The van der Waals surface area contributed by atoms with E-state index in [1.54, 1.807) is 0 Å². The maximum atomic E-state index is 12.1. The van der Waals surface area contributed by atoms with Crippen LogP contribution >= 0.6 is 0 Å². The molecule has 2 atom stereocenters. The van der Waals surface area contributed by atoms with Crippen molar-refractivity contribution in [3.05, 3.63) is 35.9 Å². The topological polar surface area (TPSA) is 70.7 Å². The molecular weight excluding hydrogens is 306 g/mol. The minimum absolute atomic E-state index is 0.0164. The van der Waals surface area contributed by atoms with Crippen molar-refractivity contribution in [3.63, 3.8) is 0 Å². The molecule has 1 aromatic rings. The molecule has 6 heteroatoms. The van der Waals surface area contributed by atoms with Crippen LogP contribution in [0.15, 0.2) is 30.3 Å². The summed E-state index contributed by atoms with van der Waals surface area (Å²) in [5.74, 6) is -0.154. The zero-order valence-electron chi connectivity index (χ0n) is 13.9. The molecule has 0 radical (unpaired) electrons. The average molecular weight is 331 g/mol. The van der Waals surface area contributed by atoms with E-state index in [1.807, 2.05) is 6.07 Å². The number of carbonyl (C=O) groups excluding carboxylic acids is 2. The highest BCUT2D eigenvalue weighted by molar-refractivity contribution is 5.90. The first-order valence-corrected chi connectivity index (χ1v) is 8.65. The summed E-state index contributed by atoms with van der Waals surface area (Å²) in [6.45, 7) is 3.89. The standard InChI is InChI=1S/C18H25N3O3/c22-17-8-7-16(20-17)18(23)19-11-15-13-21(9-4-10-24-15)12-14-5-2-1-3-6-14/h1-3,5-6,15-16H,4,7-13H2,(H,19,23)(H,20,22)/t15-,16-/m1/s1. The Hall–Kier alpha value is -1.92. The second-order valence-corrected chi connectivity index (χ2v) is 6.47. The van der Waals surface area contributed by atoms with Crippen LogP contribution in [0.4, 0.5) is 0 Å². The number of benzene rings is 1. The summed E-state index contributed by atoms with van der Waals surface area (Å²) in [6, 6.07) is 10.0. The second kappa shape index (κ2) is 8.26. The first-order valence-electron chi connectivity index (χ1n) is 8.65. The maximum Gasteiger partial charge on any atom is 0.242 e. The van der Waals surface area contributed by atoms with Crippen LogP contribution in [0, 0.1) is 0 Å². The Morgan fingerprint density at radius 1 is 1.33 bits per heavy atom. The number of nitrogens with zero attached hydrogens (tertiary/aromatic N) is 1. The van der Waals surface area contributed by atoms with Gasteiger partial charge in [0.15, 0.2) is 0 Å². The first-order chi connectivity index (χ1) is 11.7. The van der Waals surface area contributed by atoms with Gasteiger partial charge in [-0.1, -0.05) is 30.3 Å². The van der Waals surface area contributed by atoms with Crippen molar-refractivity contribution in [2.45, 2.75) is 38.0 Å². The van der Waals surface area contributed by atoms with Crippen LogP contribution in [0.3, 0.4) is 0 Å². The molecule has 2 amide bonds. The van der Waals surface area contributed by atoms with Crippen LogP contribution in [0.2, 0.25) is 0 Å². The lowest BCUT2D eigenvalue weighted by Crippen LogP contribution is -2.46. The van der Waals surface area contributed by atoms with Crippen molar-refractivity contribution in [1.82, 2.24) is 15.5 Å². The fourth-order valence-electron chi connectivity index (χ4n) is 3.23. The molecule has 0 saturated carbocycles. The molecule has 2 heterocycles. The zero-order chi connectivity index (χ0) is 16.8. The SMILES string of the molecule is O=C1CC[C@H](C(=O)NC[C@@H]2CN(Cc3ccccc3)CCCO2)N1. The summed E-state index contributed by atoms with van der Waals surface area (Å²) in [5.41, 5.74) is 1.29. The first kappa shape index (κ1) is 16.9. The molecule has 0 unspecified atom stereocenters. The summed E-state index contributed by atoms with van der Waals surface area (Å²) in [7, 11) is 0. The highest BCUT2D eigenvalue weighted by atomic mass is 16.5. The molecule has 0 aromatic heterocycles. The van der Waals surface area contributed by atoms with Crippen LogP contribution in [-0.4, -0.2) is 55.1 Å². The molecule has 2 aliphatic rings. The van der Waals surface area contributed by atoms with Gasteiger partial charge in [-0.25, -0.2) is 0 Å². The summed E-state index contributed by atoms with van der Waals surface area (Å²) >= 11 is 0. The van der Waals surface area contributed by atoms with Crippen molar-refractivity contribution in [2.75, 3.05) is 26.2 Å². The van der Waals surface area contributed by atoms with E-state index in [-0.39, 0.29) is 24.0 Å². The lowest BCUT2D eigenvalue weighted by molar-refractivity contribution is -0.126. The maximum absolute atomic E-state index is 12.1. The van der Waals surface area contributed by atoms with E-state index in [0.717, 1.165) is 26.1 Å². The van der Waals surface area contributed by atoms with E-state index in [9.17, 15) is 9.59 Å². The van der Waals surface area contributed by atoms with Gasteiger partial charge in [0.2, 0.25) is 11.8 Å². The second-order valence-electron chi connectivity index (χ2n) is 6.47. The molecule has 2 fully saturated rings.